The number of nitrogens with zero attached hydrogens (tertiary/aromatic N) is 1. The third-order valence-electron chi connectivity index (χ3n) is 2.81. The molecule has 0 heterocycles. The Balaban J connectivity index is 4.23. The van der Waals surface area contributed by atoms with Crippen LogP contribution in [0.1, 0.15) is 53.4 Å². The van der Waals surface area contributed by atoms with Gasteiger partial charge >= 0.3 is 5.97 Å². The molecular formula is C14H23NO2. The van der Waals surface area contributed by atoms with Gasteiger partial charge in [0.25, 0.3) is 0 Å². The van der Waals surface area contributed by atoms with Gasteiger partial charge in [0.05, 0.1) is 6.61 Å². The second kappa shape index (κ2) is 8.81. The van der Waals surface area contributed by atoms with Crippen LogP contribution in [0.25, 0.3) is 0 Å². The van der Waals surface area contributed by atoms with Crippen LogP contribution in [0.15, 0.2) is 11.1 Å². The summed E-state index contributed by atoms with van der Waals surface area (Å²) in [4.78, 5) is 11.6. The van der Waals surface area contributed by atoms with Gasteiger partial charge in [0, 0.05) is 0 Å². The van der Waals surface area contributed by atoms with E-state index in [0.717, 1.165) is 25.7 Å². The fourth-order valence-electron chi connectivity index (χ4n) is 1.53. The Hall–Kier alpha value is -1.30. The van der Waals surface area contributed by atoms with Crippen LogP contribution in [-0.2, 0) is 9.53 Å². The van der Waals surface area contributed by atoms with Crippen LogP contribution in [0, 0.1) is 17.2 Å². The molecule has 0 N–H and O–H groups in total. The largest absolute Gasteiger partial charge is 0.461 e. The summed E-state index contributed by atoms with van der Waals surface area (Å²) < 4.78 is 5.19. The Bertz CT molecular complexity index is 309. The van der Waals surface area contributed by atoms with Gasteiger partial charge in [0.1, 0.15) is 11.6 Å². The minimum Gasteiger partial charge on any atom is -0.461 e. The topological polar surface area (TPSA) is 50.1 Å². The van der Waals surface area contributed by atoms with Crippen molar-refractivity contribution in [3.63, 3.8) is 0 Å². The molecule has 0 aromatic carbocycles. The van der Waals surface area contributed by atoms with Crippen molar-refractivity contribution in [2.75, 3.05) is 6.61 Å². The Kier molecular flexibility index (Phi) is 8.13. The predicted octanol–water partition coefficient (Wildman–Crippen LogP) is 3.61. The molecule has 0 saturated carbocycles. The third-order valence-corrected chi connectivity index (χ3v) is 2.81. The molecule has 3 heteroatoms. The van der Waals surface area contributed by atoms with Crippen LogP contribution in [-0.4, -0.2) is 12.6 Å². The summed E-state index contributed by atoms with van der Waals surface area (Å²) in [7, 11) is 0. The summed E-state index contributed by atoms with van der Waals surface area (Å²) >= 11 is 0. The second-order valence-electron chi connectivity index (χ2n) is 4.50. The highest BCUT2D eigenvalue weighted by atomic mass is 16.5. The Morgan fingerprint density at radius 2 is 2.00 bits per heavy atom. The van der Waals surface area contributed by atoms with Gasteiger partial charge in [-0.1, -0.05) is 38.7 Å². The van der Waals surface area contributed by atoms with E-state index in [-0.39, 0.29) is 5.57 Å². The standard InChI is InChI=1S/C14H23NO2/c1-5-7-8-12(6-2)10-17-14(16)13(9-15)11(3)4/h12H,5-8,10H2,1-4H3. The number of ether oxygens (including phenoxy) is 1. The summed E-state index contributed by atoms with van der Waals surface area (Å²) in [6, 6.07) is 1.89. The van der Waals surface area contributed by atoms with Crippen LogP contribution in [0.2, 0.25) is 0 Å². The van der Waals surface area contributed by atoms with Gasteiger partial charge in [-0.25, -0.2) is 4.79 Å². The molecule has 0 amide bonds. The van der Waals surface area contributed by atoms with E-state index in [2.05, 4.69) is 13.8 Å². The molecule has 0 rings (SSSR count). The van der Waals surface area contributed by atoms with Gasteiger partial charge in [0.2, 0.25) is 0 Å². The molecule has 0 aromatic rings. The van der Waals surface area contributed by atoms with Gasteiger partial charge in [0.15, 0.2) is 0 Å². The maximum atomic E-state index is 11.6. The molecule has 1 atom stereocenters. The summed E-state index contributed by atoms with van der Waals surface area (Å²) in [5.41, 5.74) is 0.842. The van der Waals surface area contributed by atoms with Gasteiger partial charge in [-0.2, -0.15) is 5.26 Å². The molecule has 0 saturated heterocycles. The van der Waals surface area contributed by atoms with E-state index in [4.69, 9.17) is 10.00 Å². The first-order chi connectivity index (χ1) is 8.06. The van der Waals surface area contributed by atoms with Gasteiger partial charge in [-0.05, 0) is 26.2 Å². The summed E-state index contributed by atoms with van der Waals surface area (Å²) in [6.07, 6.45) is 4.40. The first-order valence-corrected chi connectivity index (χ1v) is 6.31. The van der Waals surface area contributed by atoms with Gasteiger partial charge in [-0.3, -0.25) is 0 Å². The molecular weight excluding hydrogens is 214 g/mol. The third kappa shape index (κ3) is 6.11. The predicted molar refractivity (Wildman–Crippen MR) is 68.3 cm³/mol. The maximum Gasteiger partial charge on any atom is 0.348 e. The fraction of sp³-hybridized carbons (Fsp3) is 0.714. The van der Waals surface area contributed by atoms with Crippen LogP contribution in [0.4, 0.5) is 0 Å². The molecule has 0 radical (unpaired) electrons. The number of rotatable bonds is 7. The van der Waals surface area contributed by atoms with E-state index in [9.17, 15) is 4.79 Å². The van der Waals surface area contributed by atoms with E-state index in [1.54, 1.807) is 13.8 Å². The molecule has 0 aromatic heterocycles. The average Bonchev–Trinajstić information content (AvgIpc) is 2.29. The molecule has 96 valence electrons. The molecule has 3 nitrogen and oxygen atoms in total. The normalized spacial score (nSPS) is 11.5. The first kappa shape index (κ1) is 15.7. The van der Waals surface area contributed by atoms with Crippen molar-refractivity contribution < 1.29 is 9.53 Å². The molecule has 0 aliphatic carbocycles. The van der Waals surface area contributed by atoms with Crippen molar-refractivity contribution in [1.82, 2.24) is 0 Å². The quantitative estimate of drug-likeness (QED) is 0.386. The van der Waals surface area contributed by atoms with Gasteiger partial charge in [-0.15, -0.1) is 0 Å². The zero-order valence-electron chi connectivity index (χ0n) is 11.4. The van der Waals surface area contributed by atoms with Crippen molar-refractivity contribution in [3.05, 3.63) is 11.1 Å². The van der Waals surface area contributed by atoms with Crippen molar-refractivity contribution in [2.24, 2.45) is 5.92 Å². The minimum absolute atomic E-state index is 0.135. The van der Waals surface area contributed by atoms with Crippen LogP contribution >= 0.6 is 0 Å². The molecule has 0 aliphatic rings. The molecule has 0 fully saturated rings. The number of carbonyl (C=O) groups is 1. The fourth-order valence-corrected chi connectivity index (χ4v) is 1.53. The molecule has 17 heavy (non-hydrogen) atoms. The number of hydrogen-bond acceptors (Lipinski definition) is 3. The number of allylic oxidation sites excluding steroid dienone is 1. The van der Waals surface area contributed by atoms with E-state index < -0.39 is 5.97 Å². The smallest absolute Gasteiger partial charge is 0.348 e. The monoisotopic (exact) mass is 237 g/mol. The maximum absolute atomic E-state index is 11.6. The summed E-state index contributed by atoms with van der Waals surface area (Å²) in [5, 5.41) is 8.82. The number of esters is 1. The lowest BCUT2D eigenvalue weighted by Crippen LogP contribution is -2.15. The SMILES string of the molecule is CCCCC(CC)COC(=O)C(C#N)=C(C)C. The molecule has 0 spiro atoms. The van der Waals surface area contributed by atoms with Gasteiger partial charge < -0.3 is 4.74 Å². The highest BCUT2D eigenvalue weighted by Gasteiger charge is 2.14. The molecule has 0 aliphatic heterocycles. The van der Waals surface area contributed by atoms with Crippen molar-refractivity contribution in [2.45, 2.75) is 53.4 Å². The molecule has 1 unspecified atom stereocenters. The zero-order valence-corrected chi connectivity index (χ0v) is 11.4. The van der Waals surface area contributed by atoms with Crippen molar-refractivity contribution in [1.29, 1.82) is 5.26 Å². The Morgan fingerprint density at radius 3 is 2.41 bits per heavy atom. The number of unbranched alkanes of at least 4 members (excludes halogenated alkanes) is 1. The van der Waals surface area contributed by atoms with Crippen LogP contribution < -0.4 is 0 Å². The number of hydrogen-bond donors (Lipinski definition) is 0. The highest BCUT2D eigenvalue weighted by molar-refractivity contribution is 5.93. The Morgan fingerprint density at radius 1 is 1.35 bits per heavy atom. The first-order valence-electron chi connectivity index (χ1n) is 6.31. The van der Waals surface area contributed by atoms with Crippen molar-refractivity contribution in [3.8, 4) is 6.07 Å². The highest BCUT2D eigenvalue weighted by Crippen LogP contribution is 2.14. The van der Waals surface area contributed by atoms with Crippen molar-refractivity contribution >= 4 is 5.97 Å². The number of carbonyl (C=O) groups excluding carboxylic acids is 1. The van der Waals surface area contributed by atoms with E-state index >= 15 is 0 Å². The average molecular weight is 237 g/mol. The zero-order chi connectivity index (χ0) is 13.3. The van der Waals surface area contributed by atoms with E-state index in [1.807, 2.05) is 6.07 Å². The van der Waals surface area contributed by atoms with E-state index in [0.29, 0.717) is 18.1 Å². The Labute approximate surface area is 104 Å². The molecule has 0 bridgehead atoms. The van der Waals surface area contributed by atoms with Crippen LogP contribution in [0.3, 0.4) is 0 Å². The second-order valence-corrected chi connectivity index (χ2v) is 4.50. The number of nitriles is 1. The summed E-state index contributed by atoms with van der Waals surface area (Å²) in [6.45, 7) is 8.16. The lowest BCUT2D eigenvalue weighted by Gasteiger charge is -2.14. The van der Waals surface area contributed by atoms with E-state index in [1.165, 1.54) is 0 Å². The minimum atomic E-state index is -0.484. The lowest BCUT2D eigenvalue weighted by molar-refractivity contribution is -0.140. The lowest BCUT2D eigenvalue weighted by atomic mass is 10.0. The van der Waals surface area contributed by atoms with Crippen LogP contribution in [0.5, 0.6) is 0 Å². The summed E-state index contributed by atoms with van der Waals surface area (Å²) in [5.74, 6) is -0.0709.